The molecule has 2 aromatic carbocycles. The van der Waals surface area contributed by atoms with Gasteiger partial charge < -0.3 is 14.2 Å². The van der Waals surface area contributed by atoms with E-state index in [1.165, 1.54) is 0 Å². The first kappa shape index (κ1) is 14.0. The molecule has 1 aliphatic rings. The van der Waals surface area contributed by atoms with Crippen molar-refractivity contribution in [3.05, 3.63) is 54.1 Å². The molecule has 3 rings (SSSR count). The molecule has 1 heterocycles. The molecule has 110 valence electrons. The van der Waals surface area contributed by atoms with Crippen molar-refractivity contribution < 1.29 is 19.0 Å². The van der Waals surface area contributed by atoms with Gasteiger partial charge in [0.25, 0.3) is 0 Å². The summed E-state index contributed by atoms with van der Waals surface area (Å²) in [5, 5.41) is 8.62. The molecule has 0 saturated carbocycles. The summed E-state index contributed by atoms with van der Waals surface area (Å²) in [6.45, 7) is 0.113. The Bertz CT molecular complexity index is 718. The van der Waals surface area contributed by atoms with E-state index in [9.17, 15) is 4.79 Å². The Balaban J connectivity index is 1.64. The minimum Gasteiger partial charge on any atom is -0.485 e. The summed E-state index contributed by atoms with van der Waals surface area (Å²) in [4.78, 5) is 12.1. The normalized spacial score (nSPS) is 15.7. The number of carbonyl (C=O) groups excluding carboxylic acids is 1. The van der Waals surface area contributed by atoms with Gasteiger partial charge in [-0.2, -0.15) is 5.26 Å². The van der Waals surface area contributed by atoms with E-state index in [1.54, 1.807) is 36.4 Å². The number of nitrogens with zero attached hydrogens (tertiary/aromatic N) is 1. The number of carbonyl (C=O) groups is 1. The highest BCUT2D eigenvalue weighted by Crippen LogP contribution is 2.31. The zero-order valence-corrected chi connectivity index (χ0v) is 11.7. The highest BCUT2D eigenvalue weighted by atomic mass is 16.6. The van der Waals surface area contributed by atoms with Crippen LogP contribution in [0.4, 0.5) is 0 Å². The van der Waals surface area contributed by atoms with Gasteiger partial charge >= 0.3 is 5.97 Å². The molecule has 5 nitrogen and oxygen atoms in total. The lowest BCUT2D eigenvalue weighted by atomic mass is 10.2. The molecule has 0 N–H and O–H groups in total. The Morgan fingerprint density at radius 2 is 1.91 bits per heavy atom. The fourth-order valence-electron chi connectivity index (χ4n) is 2.08. The molecule has 2 aromatic rings. The number of fused-ring (bicyclic) bond motifs is 1. The number of ether oxygens (including phenoxy) is 3. The lowest BCUT2D eigenvalue weighted by Gasteiger charge is -2.24. The zero-order valence-electron chi connectivity index (χ0n) is 11.7. The van der Waals surface area contributed by atoms with Crippen molar-refractivity contribution in [2.45, 2.75) is 12.5 Å². The number of para-hydroxylation sites is 2. The Morgan fingerprint density at radius 3 is 2.64 bits per heavy atom. The molecule has 0 bridgehead atoms. The third kappa shape index (κ3) is 3.01. The summed E-state index contributed by atoms with van der Waals surface area (Å²) in [7, 11) is 0. The second-order valence-electron chi connectivity index (χ2n) is 4.76. The first-order valence-electron chi connectivity index (χ1n) is 6.82. The molecule has 1 atom stereocenters. The summed E-state index contributed by atoms with van der Waals surface area (Å²) < 4.78 is 16.3. The topological polar surface area (TPSA) is 68.5 Å². The van der Waals surface area contributed by atoms with Crippen molar-refractivity contribution in [2.75, 3.05) is 6.61 Å². The molecule has 5 heteroatoms. The van der Waals surface area contributed by atoms with Crippen molar-refractivity contribution in [2.24, 2.45) is 0 Å². The van der Waals surface area contributed by atoms with E-state index in [-0.39, 0.29) is 6.61 Å². The van der Waals surface area contributed by atoms with Crippen LogP contribution in [0, 0.1) is 11.3 Å². The molecule has 0 fully saturated rings. The maximum Gasteiger partial charge on any atom is 0.356 e. The summed E-state index contributed by atoms with van der Waals surface area (Å²) >= 11 is 0. The molecular formula is C17H13NO4. The predicted molar refractivity (Wildman–Crippen MR) is 77.7 cm³/mol. The maximum absolute atomic E-state index is 12.1. The molecule has 0 saturated heterocycles. The number of nitriles is 1. The van der Waals surface area contributed by atoms with Crippen LogP contribution < -0.4 is 14.2 Å². The van der Waals surface area contributed by atoms with E-state index in [0.717, 1.165) is 5.56 Å². The van der Waals surface area contributed by atoms with Gasteiger partial charge in [0.2, 0.25) is 6.10 Å². The summed E-state index contributed by atoms with van der Waals surface area (Å²) in [6.07, 6.45) is -0.474. The minimum absolute atomic E-state index is 0.113. The third-order valence-corrected chi connectivity index (χ3v) is 3.20. The molecular weight excluding hydrogens is 282 g/mol. The van der Waals surface area contributed by atoms with Crippen LogP contribution in [0.3, 0.4) is 0 Å². The van der Waals surface area contributed by atoms with Crippen molar-refractivity contribution in [1.29, 1.82) is 5.26 Å². The Kier molecular flexibility index (Phi) is 3.92. The molecule has 0 spiro atoms. The van der Waals surface area contributed by atoms with Gasteiger partial charge in [0, 0.05) is 0 Å². The van der Waals surface area contributed by atoms with Crippen LogP contribution in [0.5, 0.6) is 17.2 Å². The summed E-state index contributed by atoms with van der Waals surface area (Å²) in [6, 6.07) is 16.0. The van der Waals surface area contributed by atoms with Crippen LogP contribution in [0.25, 0.3) is 0 Å². The fourth-order valence-corrected chi connectivity index (χ4v) is 2.08. The van der Waals surface area contributed by atoms with Gasteiger partial charge in [-0.25, -0.2) is 4.79 Å². The van der Waals surface area contributed by atoms with Crippen molar-refractivity contribution in [3.63, 3.8) is 0 Å². The van der Waals surface area contributed by atoms with Gasteiger partial charge in [-0.3, -0.25) is 0 Å². The van der Waals surface area contributed by atoms with E-state index in [1.807, 2.05) is 12.1 Å². The minimum atomic E-state index is -0.798. The first-order valence-corrected chi connectivity index (χ1v) is 6.82. The summed E-state index contributed by atoms with van der Waals surface area (Å²) in [5.74, 6) is 1.05. The molecule has 1 aliphatic heterocycles. The SMILES string of the molecule is N#CCc1ccc(OC(=O)[C@@H]2COc3ccccc3O2)cc1. The van der Waals surface area contributed by atoms with Gasteiger partial charge in [0.15, 0.2) is 11.5 Å². The van der Waals surface area contributed by atoms with Crippen LogP contribution in [-0.2, 0) is 11.2 Å². The predicted octanol–water partition coefficient (Wildman–Crippen LogP) is 2.50. The van der Waals surface area contributed by atoms with Gasteiger partial charge in [-0.05, 0) is 29.8 Å². The molecule has 0 amide bonds. The highest BCUT2D eigenvalue weighted by Gasteiger charge is 2.29. The zero-order chi connectivity index (χ0) is 15.4. The number of hydrogen-bond acceptors (Lipinski definition) is 5. The van der Waals surface area contributed by atoms with E-state index in [2.05, 4.69) is 6.07 Å². The van der Waals surface area contributed by atoms with Crippen molar-refractivity contribution >= 4 is 5.97 Å². The van der Waals surface area contributed by atoms with Crippen molar-refractivity contribution in [3.8, 4) is 23.3 Å². The first-order chi connectivity index (χ1) is 10.8. The Labute approximate surface area is 127 Å². The lowest BCUT2D eigenvalue weighted by molar-refractivity contribution is -0.144. The quantitative estimate of drug-likeness (QED) is 0.643. The Morgan fingerprint density at radius 1 is 1.18 bits per heavy atom. The van der Waals surface area contributed by atoms with E-state index in [4.69, 9.17) is 19.5 Å². The monoisotopic (exact) mass is 295 g/mol. The Hall–Kier alpha value is -3.00. The van der Waals surface area contributed by atoms with Crippen LogP contribution in [0.2, 0.25) is 0 Å². The number of benzene rings is 2. The second kappa shape index (κ2) is 6.19. The maximum atomic E-state index is 12.1. The highest BCUT2D eigenvalue weighted by molar-refractivity contribution is 5.78. The summed E-state index contributed by atoms with van der Waals surface area (Å²) in [5.41, 5.74) is 0.869. The van der Waals surface area contributed by atoms with Gasteiger partial charge in [-0.15, -0.1) is 0 Å². The third-order valence-electron chi connectivity index (χ3n) is 3.20. The number of rotatable bonds is 3. The van der Waals surface area contributed by atoms with Crippen LogP contribution in [0.1, 0.15) is 5.56 Å². The standard InChI is InChI=1S/C17H13NO4/c18-10-9-12-5-7-13(8-6-12)21-17(19)16-11-20-14-3-1-2-4-15(14)22-16/h1-8,16H,9,11H2/t16-/m0/s1. The number of esters is 1. The van der Waals surface area contributed by atoms with Crippen LogP contribution in [-0.4, -0.2) is 18.7 Å². The molecule has 0 unspecified atom stereocenters. The average molecular weight is 295 g/mol. The van der Waals surface area contributed by atoms with Gasteiger partial charge in [0.1, 0.15) is 12.4 Å². The van der Waals surface area contributed by atoms with Crippen molar-refractivity contribution in [1.82, 2.24) is 0 Å². The largest absolute Gasteiger partial charge is 0.485 e. The van der Waals surface area contributed by atoms with E-state index < -0.39 is 12.1 Å². The lowest BCUT2D eigenvalue weighted by Crippen LogP contribution is -2.39. The van der Waals surface area contributed by atoms with E-state index in [0.29, 0.717) is 23.7 Å². The van der Waals surface area contributed by atoms with Crippen LogP contribution >= 0.6 is 0 Å². The molecule has 0 aromatic heterocycles. The average Bonchev–Trinajstić information content (AvgIpc) is 2.56. The van der Waals surface area contributed by atoms with Gasteiger partial charge in [0.05, 0.1) is 12.5 Å². The van der Waals surface area contributed by atoms with E-state index >= 15 is 0 Å². The second-order valence-corrected chi connectivity index (χ2v) is 4.76. The molecule has 0 aliphatic carbocycles. The molecule has 0 radical (unpaired) electrons. The smallest absolute Gasteiger partial charge is 0.356 e. The number of hydrogen-bond donors (Lipinski definition) is 0. The van der Waals surface area contributed by atoms with Gasteiger partial charge in [-0.1, -0.05) is 24.3 Å². The van der Waals surface area contributed by atoms with Crippen LogP contribution in [0.15, 0.2) is 48.5 Å². The fraction of sp³-hybridized carbons (Fsp3) is 0.176. The molecule has 22 heavy (non-hydrogen) atoms.